The van der Waals surface area contributed by atoms with Gasteiger partial charge in [-0.25, -0.2) is 4.98 Å². The maximum Gasteiger partial charge on any atom is 0.293 e. The molecule has 0 aliphatic carbocycles. The number of carbonyl (C=O) groups excluding carboxylic acids is 1. The molecule has 112 valence electrons. The zero-order valence-electron chi connectivity index (χ0n) is 10.7. The SMILES string of the molecule is O=C(NC(=S)Nc1nc2c(Cl)c(Cl)ccc2s1)c1ccco1. The maximum absolute atomic E-state index is 11.8. The van der Waals surface area contributed by atoms with Crippen molar-refractivity contribution in [2.75, 3.05) is 5.32 Å². The third kappa shape index (κ3) is 3.07. The van der Waals surface area contributed by atoms with Crippen molar-refractivity contribution >= 4 is 73.1 Å². The third-order valence-corrected chi connectivity index (χ3v) is 4.58. The number of hydrogen-bond donors (Lipinski definition) is 2. The quantitative estimate of drug-likeness (QED) is 0.656. The van der Waals surface area contributed by atoms with Crippen LogP contribution in [0.5, 0.6) is 0 Å². The summed E-state index contributed by atoms with van der Waals surface area (Å²) in [6.45, 7) is 0. The Kier molecular flexibility index (Phi) is 4.30. The Labute approximate surface area is 144 Å². The highest BCUT2D eigenvalue weighted by molar-refractivity contribution is 7.80. The molecule has 0 saturated carbocycles. The molecule has 3 aromatic rings. The van der Waals surface area contributed by atoms with Gasteiger partial charge in [0.2, 0.25) is 0 Å². The van der Waals surface area contributed by atoms with E-state index in [0.717, 1.165) is 4.70 Å². The van der Waals surface area contributed by atoms with E-state index in [-0.39, 0.29) is 10.9 Å². The van der Waals surface area contributed by atoms with Crippen molar-refractivity contribution in [3.05, 3.63) is 46.3 Å². The van der Waals surface area contributed by atoms with Crippen LogP contribution in [0.4, 0.5) is 5.13 Å². The van der Waals surface area contributed by atoms with Crippen molar-refractivity contribution < 1.29 is 9.21 Å². The fourth-order valence-corrected chi connectivity index (χ4v) is 3.24. The number of rotatable bonds is 2. The summed E-state index contributed by atoms with van der Waals surface area (Å²) in [6, 6.07) is 6.67. The Bertz CT molecular complexity index is 862. The van der Waals surface area contributed by atoms with Crippen molar-refractivity contribution in [2.45, 2.75) is 0 Å². The standard InChI is InChI=1S/C13H7Cl2N3O2S2/c14-6-3-4-8-10(9(6)15)16-13(22-8)18-12(21)17-11(19)7-2-1-5-20-7/h1-5H,(H2,16,17,18,19,21). The number of nitrogens with one attached hydrogen (secondary N) is 2. The second-order valence-corrected chi connectivity index (χ2v) is 6.34. The minimum Gasteiger partial charge on any atom is -0.459 e. The number of benzene rings is 1. The molecule has 9 heteroatoms. The number of anilines is 1. The first-order chi connectivity index (χ1) is 10.5. The molecule has 1 aromatic carbocycles. The number of hydrogen-bond acceptors (Lipinski definition) is 5. The summed E-state index contributed by atoms with van der Waals surface area (Å²) in [7, 11) is 0. The zero-order chi connectivity index (χ0) is 15.7. The molecule has 0 radical (unpaired) electrons. The van der Waals surface area contributed by atoms with Gasteiger partial charge >= 0.3 is 0 Å². The average Bonchev–Trinajstić information content (AvgIpc) is 3.12. The predicted octanol–water partition coefficient (Wildman–Crippen LogP) is 4.32. The Balaban J connectivity index is 1.74. The summed E-state index contributed by atoms with van der Waals surface area (Å²) in [5.74, 6) is -0.270. The summed E-state index contributed by atoms with van der Waals surface area (Å²) in [4.78, 5) is 16.1. The van der Waals surface area contributed by atoms with Gasteiger partial charge in [0.25, 0.3) is 5.91 Å². The molecule has 0 fully saturated rings. The molecule has 3 rings (SSSR count). The van der Waals surface area contributed by atoms with Crippen LogP contribution in [-0.2, 0) is 0 Å². The van der Waals surface area contributed by atoms with Gasteiger partial charge in [-0.05, 0) is 36.5 Å². The minimum absolute atomic E-state index is 0.114. The van der Waals surface area contributed by atoms with Gasteiger partial charge in [0, 0.05) is 0 Å². The van der Waals surface area contributed by atoms with Crippen LogP contribution in [0.3, 0.4) is 0 Å². The van der Waals surface area contributed by atoms with E-state index in [2.05, 4.69) is 15.6 Å². The van der Waals surface area contributed by atoms with E-state index < -0.39 is 5.91 Å². The number of aromatic nitrogens is 1. The first kappa shape index (κ1) is 15.2. The van der Waals surface area contributed by atoms with Crippen molar-refractivity contribution in [3.63, 3.8) is 0 Å². The average molecular weight is 372 g/mol. The Hall–Kier alpha value is -1.67. The predicted molar refractivity (Wildman–Crippen MR) is 92.0 cm³/mol. The molecule has 22 heavy (non-hydrogen) atoms. The Morgan fingerprint density at radius 1 is 1.32 bits per heavy atom. The van der Waals surface area contributed by atoms with Gasteiger partial charge in [-0.1, -0.05) is 34.5 Å². The van der Waals surface area contributed by atoms with E-state index in [1.807, 2.05) is 6.07 Å². The van der Waals surface area contributed by atoms with Gasteiger partial charge < -0.3 is 9.73 Å². The summed E-state index contributed by atoms with van der Waals surface area (Å²) in [5.41, 5.74) is 0.585. The van der Waals surface area contributed by atoms with E-state index in [9.17, 15) is 4.79 Å². The number of thiazole rings is 1. The fourth-order valence-electron chi connectivity index (χ4n) is 1.69. The number of thiocarbonyl (C=S) groups is 1. The molecule has 0 spiro atoms. The lowest BCUT2D eigenvalue weighted by atomic mass is 10.3. The Morgan fingerprint density at radius 2 is 2.14 bits per heavy atom. The van der Waals surface area contributed by atoms with Crippen LogP contribution >= 0.6 is 46.8 Å². The summed E-state index contributed by atoms with van der Waals surface area (Å²) < 4.78 is 5.84. The van der Waals surface area contributed by atoms with Crippen LogP contribution in [0.1, 0.15) is 10.6 Å². The maximum atomic E-state index is 11.8. The number of carbonyl (C=O) groups is 1. The molecule has 0 aliphatic heterocycles. The first-order valence-corrected chi connectivity index (χ1v) is 7.93. The van der Waals surface area contributed by atoms with Crippen LogP contribution in [0.15, 0.2) is 34.9 Å². The number of amides is 1. The topological polar surface area (TPSA) is 67.2 Å². The largest absolute Gasteiger partial charge is 0.459 e. The molecule has 1 amide bonds. The normalized spacial score (nSPS) is 10.6. The van der Waals surface area contributed by atoms with Crippen molar-refractivity contribution in [3.8, 4) is 0 Å². The van der Waals surface area contributed by atoms with Crippen molar-refractivity contribution in [2.24, 2.45) is 0 Å². The summed E-state index contributed by atoms with van der Waals surface area (Å²) in [6.07, 6.45) is 1.41. The fraction of sp³-hybridized carbons (Fsp3) is 0. The van der Waals surface area contributed by atoms with Gasteiger partial charge in [0.1, 0.15) is 5.52 Å². The Morgan fingerprint density at radius 3 is 2.86 bits per heavy atom. The van der Waals surface area contributed by atoms with E-state index in [4.69, 9.17) is 39.8 Å². The molecular formula is C13H7Cl2N3O2S2. The van der Waals surface area contributed by atoms with E-state index >= 15 is 0 Å². The summed E-state index contributed by atoms with van der Waals surface area (Å²) >= 11 is 18.5. The molecular weight excluding hydrogens is 365 g/mol. The number of furan rings is 1. The molecule has 0 bridgehead atoms. The van der Waals surface area contributed by atoms with Crippen LogP contribution in [-0.4, -0.2) is 16.0 Å². The van der Waals surface area contributed by atoms with Crippen LogP contribution in [0, 0.1) is 0 Å². The summed E-state index contributed by atoms with van der Waals surface area (Å²) in [5, 5.41) is 6.76. The smallest absolute Gasteiger partial charge is 0.293 e. The molecule has 2 aromatic heterocycles. The zero-order valence-corrected chi connectivity index (χ0v) is 13.9. The van der Waals surface area contributed by atoms with Gasteiger partial charge in [-0.15, -0.1) is 0 Å². The van der Waals surface area contributed by atoms with Gasteiger partial charge in [0.15, 0.2) is 16.0 Å². The lowest BCUT2D eigenvalue weighted by Crippen LogP contribution is -2.33. The molecule has 0 saturated heterocycles. The van der Waals surface area contributed by atoms with Gasteiger partial charge in [0.05, 0.1) is 21.0 Å². The lowest BCUT2D eigenvalue weighted by Gasteiger charge is -2.04. The third-order valence-electron chi connectivity index (χ3n) is 2.64. The minimum atomic E-state index is -0.440. The van der Waals surface area contributed by atoms with Crippen LogP contribution < -0.4 is 10.6 Å². The van der Waals surface area contributed by atoms with Gasteiger partial charge in [-0.2, -0.15) is 0 Å². The van der Waals surface area contributed by atoms with Crippen LogP contribution in [0.2, 0.25) is 10.0 Å². The second-order valence-electron chi connectivity index (χ2n) is 4.11. The first-order valence-electron chi connectivity index (χ1n) is 5.95. The highest BCUT2D eigenvalue weighted by Crippen LogP contribution is 2.35. The van der Waals surface area contributed by atoms with E-state index in [1.165, 1.54) is 23.7 Å². The van der Waals surface area contributed by atoms with Crippen LogP contribution in [0.25, 0.3) is 10.2 Å². The van der Waals surface area contributed by atoms with Crippen molar-refractivity contribution in [1.82, 2.24) is 10.3 Å². The monoisotopic (exact) mass is 371 g/mol. The van der Waals surface area contributed by atoms with Crippen molar-refractivity contribution in [1.29, 1.82) is 0 Å². The number of halogens is 2. The molecule has 5 nitrogen and oxygen atoms in total. The molecule has 0 unspecified atom stereocenters. The lowest BCUT2D eigenvalue weighted by molar-refractivity contribution is 0.0950. The molecule has 0 aliphatic rings. The molecule has 2 N–H and O–H groups in total. The van der Waals surface area contributed by atoms with Gasteiger partial charge in [-0.3, -0.25) is 10.1 Å². The highest BCUT2D eigenvalue weighted by atomic mass is 35.5. The van der Waals surface area contributed by atoms with E-state index in [0.29, 0.717) is 20.7 Å². The number of fused-ring (bicyclic) bond motifs is 1. The van der Waals surface area contributed by atoms with E-state index in [1.54, 1.807) is 12.1 Å². The highest BCUT2D eigenvalue weighted by Gasteiger charge is 2.13. The molecule has 0 atom stereocenters. The molecule has 2 heterocycles. The second kappa shape index (κ2) is 6.21. The number of nitrogens with zero attached hydrogens (tertiary/aromatic N) is 1.